The van der Waals surface area contributed by atoms with Crippen molar-refractivity contribution in [2.75, 3.05) is 38.5 Å². The third-order valence-electron chi connectivity index (χ3n) is 3.26. The minimum atomic E-state index is -0.232. The second-order valence-electron chi connectivity index (χ2n) is 4.80. The van der Waals surface area contributed by atoms with Crippen molar-refractivity contribution in [1.82, 2.24) is 0 Å². The van der Waals surface area contributed by atoms with E-state index in [0.717, 1.165) is 0 Å². The minimum Gasteiger partial charge on any atom is -0.493 e. The standard InChI is InChI=1S/C17H19ClN2O4/c1-22-14-8-11(9-15(23-2)17(14)24-3)20-16(21)10-19-13-7-5-4-6-12(13)18/h4-9,19H,10H2,1-3H3,(H,20,21). The Balaban J connectivity index is 2.07. The molecule has 0 unspecified atom stereocenters. The summed E-state index contributed by atoms with van der Waals surface area (Å²) in [6, 6.07) is 10.5. The zero-order valence-electron chi connectivity index (χ0n) is 13.7. The third-order valence-corrected chi connectivity index (χ3v) is 3.59. The van der Waals surface area contributed by atoms with Gasteiger partial charge >= 0.3 is 0 Å². The van der Waals surface area contributed by atoms with Gasteiger partial charge in [-0.3, -0.25) is 4.79 Å². The Bertz CT molecular complexity index is 696. The largest absolute Gasteiger partial charge is 0.493 e. The first kappa shape index (κ1) is 17.7. The molecule has 0 heterocycles. The summed E-state index contributed by atoms with van der Waals surface area (Å²) in [6.45, 7) is 0.0698. The van der Waals surface area contributed by atoms with Gasteiger partial charge in [0.05, 0.1) is 38.6 Å². The first-order valence-corrected chi connectivity index (χ1v) is 7.55. The Kier molecular flexibility index (Phi) is 6.14. The fourth-order valence-corrected chi connectivity index (χ4v) is 2.34. The van der Waals surface area contributed by atoms with Gasteiger partial charge in [0.1, 0.15) is 0 Å². The molecule has 0 spiro atoms. The number of hydrogen-bond donors (Lipinski definition) is 2. The summed E-state index contributed by atoms with van der Waals surface area (Å²) in [5.74, 6) is 1.16. The van der Waals surface area contributed by atoms with Crippen molar-refractivity contribution in [2.45, 2.75) is 0 Å². The molecule has 7 heteroatoms. The lowest BCUT2D eigenvalue weighted by molar-refractivity contribution is -0.114. The molecule has 2 N–H and O–H groups in total. The van der Waals surface area contributed by atoms with Gasteiger partial charge in [-0.05, 0) is 12.1 Å². The third kappa shape index (κ3) is 4.23. The number of para-hydroxylation sites is 1. The van der Waals surface area contributed by atoms with Crippen LogP contribution in [0.5, 0.6) is 17.2 Å². The van der Waals surface area contributed by atoms with Crippen molar-refractivity contribution in [3.8, 4) is 17.2 Å². The van der Waals surface area contributed by atoms with Crippen LogP contribution in [0.25, 0.3) is 0 Å². The Morgan fingerprint density at radius 2 is 1.67 bits per heavy atom. The van der Waals surface area contributed by atoms with E-state index in [1.807, 2.05) is 12.1 Å². The molecule has 24 heavy (non-hydrogen) atoms. The highest BCUT2D eigenvalue weighted by atomic mass is 35.5. The van der Waals surface area contributed by atoms with E-state index in [4.69, 9.17) is 25.8 Å². The predicted molar refractivity (Wildman–Crippen MR) is 94.7 cm³/mol. The molecule has 1 amide bonds. The molecule has 2 aromatic carbocycles. The van der Waals surface area contributed by atoms with Crippen LogP contribution in [-0.2, 0) is 4.79 Å². The number of ether oxygens (including phenoxy) is 3. The first-order valence-electron chi connectivity index (χ1n) is 7.17. The van der Waals surface area contributed by atoms with Crippen LogP contribution in [0.2, 0.25) is 5.02 Å². The highest BCUT2D eigenvalue weighted by Crippen LogP contribution is 2.39. The number of anilines is 2. The van der Waals surface area contributed by atoms with Crippen LogP contribution in [0, 0.1) is 0 Å². The van der Waals surface area contributed by atoms with Gasteiger partial charge in [0.15, 0.2) is 11.5 Å². The molecule has 0 aliphatic rings. The average Bonchev–Trinajstić information content (AvgIpc) is 2.60. The summed E-state index contributed by atoms with van der Waals surface area (Å²) in [6.07, 6.45) is 0. The van der Waals surface area contributed by atoms with Crippen LogP contribution in [0.15, 0.2) is 36.4 Å². The second-order valence-corrected chi connectivity index (χ2v) is 5.20. The molecule has 128 valence electrons. The lowest BCUT2D eigenvalue weighted by atomic mass is 10.2. The van der Waals surface area contributed by atoms with Crippen molar-refractivity contribution >= 4 is 28.9 Å². The summed E-state index contributed by atoms with van der Waals surface area (Å²) < 4.78 is 15.8. The van der Waals surface area contributed by atoms with Gasteiger partial charge in [0, 0.05) is 17.8 Å². The molecule has 0 aliphatic heterocycles. The van der Waals surface area contributed by atoms with Crippen molar-refractivity contribution < 1.29 is 19.0 Å². The van der Waals surface area contributed by atoms with E-state index in [9.17, 15) is 4.79 Å². The smallest absolute Gasteiger partial charge is 0.243 e. The fourth-order valence-electron chi connectivity index (χ4n) is 2.14. The normalized spacial score (nSPS) is 10.0. The van der Waals surface area contributed by atoms with E-state index in [-0.39, 0.29) is 12.5 Å². The first-order chi connectivity index (χ1) is 11.6. The number of nitrogens with one attached hydrogen (secondary N) is 2. The summed E-state index contributed by atoms with van der Waals surface area (Å²) >= 11 is 6.04. The molecule has 0 fully saturated rings. The summed E-state index contributed by atoms with van der Waals surface area (Å²) in [7, 11) is 4.55. The Morgan fingerprint density at radius 1 is 1.04 bits per heavy atom. The quantitative estimate of drug-likeness (QED) is 0.800. The van der Waals surface area contributed by atoms with Crippen LogP contribution in [0.3, 0.4) is 0 Å². The van der Waals surface area contributed by atoms with Crippen LogP contribution in [0.1, 0.15) is 0 Å². The molecule has 0 aliphatic carbocycles. The van der Waals surface area contributed by atoms with Gasteiger partial charge in [-0.1, -0.05) is 23.7 Å². The van der Waals surface area contributed by atoms with E-state index in [1.54, 1.807) is 24.3 Å². The van der Waals surface area contributed by atoms with Crippen LogP contribution < -0.4 is 24.8 Å². The molecule has 0 saturated heterocycles. The maximum absolute atomic E-state index is 12.1. The highest BCUT2D eigenvalue weighted by Gasteiger charge is 2.14. The van der Waals surface area contributed by atoms with Crippen LogP contribution in [0.4, 0.5) is 11.4 Å². The number of carbonyl (C=O) groups excluding carboxylic acids is 1. The number of carbonyl (C=O) groups is 1. The molecule has 0 aromatic heterocycles. The van der Waals surface area contributed by atoms with Gasteiger partial charge in [0.25, 0.3) is 0 Å². The van der Waals surface area contributed by atoms with Gasteiger partial charge in [-0.25, -0.2) is 0 Å². The van der Waals surface area contributed by atoms with E-state index in [1.165, 1.54) is 21.3 Å². The molecule has 2 aromatic rings. The van der Waals surface area contributed by atoms with Gasteiger partial charge in [0.2, 0.25) is 11.7 Å². The van der Waals surface area contributed by atoms with Gasteiger partial charge in [-0.15, -0.1) is 0 Å². The van der Waals surface area contributed by atoms with Crippen LogP contribution in [-0.4, -0.2) is 33.8 Å². The van der Waals surface area contributed by atoms with Gasteiger partial charge in [-0.2, -0.15) is 0 Å². The Hall–Kier alpha value is -2.60. The molecular weight excluding hydrogens is 332 g/mol. The van der Waals surface area contributed by atoms with Gasteiger partial charge < -0.3 is 24.8 Å². The molecule has 0 bridgehead atoms. The fraction of sp³-hybridized carbons (Fsp3) is 0.235. The summed E-state index contributed by atoms with van der Waals surface area (Å²) in [5, 5.41) is 6.31. The Labute approximate surface area is 145 Å². The van der Waals surface area contributed by atoms with E-state index in [0.29, 0.717) is 33.6 Å². The zero-order chi connectivity index (χ0) is 17.5. The maximum atomic E-state index is 12.1. The molecule has 0 saturated carbocycles. The van der Waals surface area contributed by atoms with Crippen molar-refractivity contribution in [3.05, 3.63) is 41.4 Å². The lowest BCUT2D eigenvalue weighted by Crippen LogP contribution is -2.21. The molecule has 6 nitrogen and oxygen atoms in total. The predicted octanol–water partition coefficient (Wildman–Crippen LogP) is 3.42. The monoisotopic (exact) mass is 350 g/mol. The Morgan fingerprint density at radius 3 is 2.21 bits per heavy atom. The zero-order valence-corrected chi connectivity index (χ0v) is 14.4. The molecule has 0 radical (unpaired) electrons. The number of methoxy groups -OCH3 is 3. The van der Waals surface area contributed by atoms with Crippen molar-refractivity contribution in [3.63, 3.8) is 0 Å². The number of hydrogen-bond acceptors (Lipinski definition) is 5. The maximum Gasteiger partial charge on any atom is 0.243 e. The minimum absolute atomic E-state index is 0.0698. The number of rotatable bonds is 7. The average molecular weight is 351 g/mol. The molecule has 0 atom stereocenters. The highest BCUT2D eigenvalue weighted by molar-refractivity contribution is 6.33. The second kappa shape index (κ2) is 8.31. The van der Waals surface area contributed by atoms with Crippen LogP contribution >= 0.6 is 11.6 Å². The summed E-state index contributed by atoms with van der Waals surface area (Å²) in [4.78, 5) is 12.1. The summed E-state index contributed by atoms with van der Waals surface area (Å²) in [5.41, 5.74) is 1.23. The van der Waals surface area contributed by atoms with E-state index in [2.05, 4.69) is 10.6 Å². The lowest BCUT2D eigenvalue weighted by Gasteiger charge is -2.15. The number of amides is 1. The topological polar surface area (TPSA) is 68.8 Å². The molecule has 2 rings (SSSR count). The van der Waals surface area contributed by atoms with Crippen molar-refractivity contribution in [2.24, 2.45) is 0 Å². The molecular formula is C17H19ClN2O4. The SMILES string of the molecule is COc1cc(NC(=O)CNc2ccccc2Cl)cc(OC)c1OC. The van der Waals surface area contributed by atoms with E-state index < -0.39 is 0 Å². The number of benzene rings is 2. The van der Waals surface area contributed by atoms with E-state index >= 15 is 0 Å². The van der Waals surface area contributed by atoms with Crippen molar-refractivity contribution in [1.29, 1.82) is 0 Å². The number of halogens is 1.